The number of anilines is 1. The molecular formula is C14H12N4O3. The quantitative estimate of drug-likeness (QED) is 0.758. The molecule has 0 atom stereocenters. The largest absolute Gasteiger partial charge is 0.497 e. The molecule has 3 aromatic rings. The number of carboxylic acids is 1. The summed E-state index contributed by atoms with van der Waals surface area (Å²) in [5.74, 6) is -0.439. The summed E-state index contributed by atoms with van der Waals surface area (Å²) in [7, 11) is 1.55. The maximum absolute atomic E-state index is 11.6. The number of rotatable bonds is 3. The van der Waals surface area contributed by atoms with Crippen LogP contribution < -0.4 is 10.5 Å². The Kier molecular flexibility index (Phi) is 2.94. The first-order valence-electron chi connectivity index (χ1n) is 6.13. The average Bonchev–Trinajstić information content (AvgIpc) is 2.86. The number of hydrogen-bond acceptors (Lipinski definition) is 5. The monoisotopic (exact) mass is 284 g/mol. The Labute approximate surface area is 119 Å². The third kappa shape index (κ3) is 2.14. The Hall–Kier alpha value is -3.09. The van der Waals surface area contributed by atoms with Gasteiger partial charge in [-0.25, -0.2) is 9.31 Å². The first-order valence-corrected chi connectivity index (χ1v) is 6.13. The number of nitrogens with zero attached hydrogens (tertiary/aromatic N) is 3. The molecule has 3 rings (SSSR count). The number of pyridine rings is 1. The molecule has 0 fully saturated rings. The fraction of sp³-hybridized carbons (Fsp3) is 0.0714. The molecule has 0 radical (unpaired) electrons. The lowest BCUT2D eigenvalue weighted by Gasteiger charge is -2.09. The van der Waals surface area contributed by atoms with Crippen LogP contribution in [0.4, 0.5) is 5.95 Å². The van der Waals surface area contributed by atoms with Crippen LogP contribution in [0.5, 0.6) is 5.75 Å². The van der Waals surface area contributed by atoms with Crippen LogP contribution in [0, 0.1) is 0 Å². The fourth-order valence-corrected chi connectivity index (χ4v) is 2.19. The van der Waals surface area contributed by atoms with E-state index in [-0.39, 0.29) is 11.6 Å². The summed E-state index contributed by atoms with van der Waals surface area (Å²) in [6.07, 6.45) is 0. The normalized spacial score (nSPS) is 10.7. The van der Waals surface area contributed by atoms with Gasteiger partial charge < -0.3 is 15.6 Å². The van der Waals surface area contributed by atoms with Crippen molar-refractivity contribution in [3.8, 4) is 16.9 Å². The van der Waals surface area contributed by atoms with Crippen molar-refractivity contribution in [3.63, 3.8) is 0 Å². The molecular weight excluding hydrogens is 272 g/mol. The van der Waals surface area contributed by atoms with E-state index in [1.807, 2.05) is 0 Å². The lowest BCUT2D eigenvalue weighted by molar-refractivity contribution is 0.0688. The van der Waals surface area contributed by atoms with Gasteiger partial charge in [0, 0.05) is 5.56 Å². The predicted molar refractivity (Wildman–Crippen MR) is 76.3 cm³/mol. The molecule has 2 heterocycles. The van der Waals surface area contributed by atoms with E-state index in [2.05, 4.69) is 10.1 Å². The van der Waals surface area contributed by atoms with Crippen LogP contribution in [0.1, 0.15) is 10.5 Å². The first kappa shape index (κ1) is 12.9. The summed E-state index contributed by atoms with van der Waals surface area (Å²) in [6.45, 7) is 0. The first-order chi connectivity index (χ1) is 10.1. The van der Waals surface area contributed by atoms with Gasteiger partial charge in [0.25, 0.3) is 0 Å². The molecule has 0 amide bonds. The molecule has 0 aliphatic rings. The topological polar surface area (TPSA) is 103 Å². The zero-order valence-electron chi connectivity index (χ0n) is 11.1. The lowest BCUT2D eigenvalue weighted by atomic mass is 10.0. The van der Waals surface area contributed by atoms with Crippen LogP contribution in [0.25, 0.3) is 16.8 Å². The number of nitrogens with two attached hydrogens (primary N) is 1. The van der Waals surface area contributed by atoms with E-state index in [1.54, 1.807) is 43.5 Å². The van der Waals surface area contributed by atoms with Crippen LogP contribution in [0.15, 0.2) is 36.4 Å². The van der Waals surface area contributed by atoms with Gasteiger partial charge in [0.15, 0.2) is 11.3 Å². The predicted octanol–water partition coefficient (Wildman–Crippen LogP) is 1.69. The van der Waals surface area contributed by atoms with E-state index in [4.69, 9.17) is 10.5 Å². The fourth-order valence-electron chi connectivity index (χ4n) is 2.19. The van der Waals surface area contributed by atoms with E-state index in [1.165, 1.54) is 4.52 Å². The molecule has 21 heavy (non-hydrogen) atoms. The highest BCUT2D eigenvalue weighted by Gasteiger charge is 2.18. The van der Waals surface area contributed by atoms with Crippen molar-refractivity contribution in [2.24, 2.45) is 0 Å². The van der Waals surface area contributed by atoms with Crippen molar-refractivity contribution in [3.05, 3.63) is 42.1 Å². The molecule has 0 bridgehead atoms. The highest BCUT2D eigenvalue weighted by molar-refractivity contribution is 5.95. The maximum atomic E-state index is 11.6. The van der Waals surface area contributed by atoms with Crippen molar-refractivity contribution in [1.29, 1.82) is 0 Å². The molecule has 0 spiro atoms. The third-order valence-corrected chi connectivity index (χ3v) is 3.10. The molecule has 2 aromatic heterocycles. The van der Waals surface area contributed by atoms with Gasteiger partial charge in [-0.3, -0.25) is 0 Å². The minimum Gasteiger partial charge on any atom is -0.497 e. The smallest absolute Gasteiger partial charge is 0.355 e. The Morgan fingerprint density at radius 2 is 2.14 bits per heavy atom. The van der Waals surface area contributed by atoms with E-state index in [0.29, 0.717) is 22.5 Å². The highest BCUT2D eigenvalue weighted by atomic mass is 16.5. The van der Waals surface area contributed by atoms with Crippen molar-refractivity contribution < 1.29 is 14.6 Å². The van der Waals surface area contributed by atoms with Gasteiger partial charge in [0.05, 0.1) is 7.11 Å². The number of ether oxygens (including phenoxy) is 1. The van der Waals surface area contributed by atoms with Crippen LogP contribution in [-0.4, -0.2) is 32.8 Å². The van der Waals surface area contributed by atoms with Crippen molar-refractivity contribution in [2.45, 2.75) is 0 Å². The van der Waals surface area contributed by atoms with Gasteiger partial charge in [-0.2, -0.15) is 4.98 Å². The summed E-state index contributed by atoms with van der Waals surface area (Å²) in [4.78, 5) is 15.6. The molecule has 0 saturated heterocycles. The number of aromatic carboxylic acids is 1. The van der Waals surface area contributed by atoms with Gasteiger partial charge in [0.1, 0.15) is 5.75 Å². The third-order valence-electron chi connectivity index (χ3n) is 3.10. The Balaban J connectivity index is 2.30. The maximum Gasteiger partial charge on any atom is 0.355 e. The summed E-state index contributed by atoms with van der Waals surface area (Å²) in [6, 6.07) is 10.5. The number of benzene rings is 1. The van der Waals surface area contributed by atoms with Crippen LogP contribution in [-0.2, 0) is 0 Å². The van der Waals surface area contributed by atoms with Gasteiger partial charge in [-0.1, -0.05) is 12.1 Å². The van der Waals surface area contributed by atoms with Crippen molar-refractivity contribution >= 4 is 17.6 Å². The van der Waals surface area contributed by atoms with Gasteiger partial charge in [-0.15, -0.1) is 5.10 Å². The minimum atomic E-state index is -1.11. The van der Waals surface area contributed by atoms with Crippen molar-refractivity contribution in [2.75, 3.05) is 12.8 Å². The molecule has 3 N–H and O–H groups in total. The Bertz CT molecular complexity index is 841. The van der Waals surface area contributed by atoms with Crippen molar-refractivity contribution in [1.82, 2.24) is 14.6 Å². The number of fused-ring (bicyclic) bond motifs is 1. The zero-order chi connectivity index (χ0) is 15.0. The molecule has 7 nitrogen and oxygen atoms in total. The second kappa shape index (κ2) is 4.78. The van der Waals surface area contributed by atoms with Crippen LogP contribution >= 0.6 is 0 Å². The summed E-state index contributed by atoms with van der Waals surface area (Å²) < 4.78 is 6.39. The standard InChI is InChI=1S/C14H12N4O3/c1-21-9-4-2-3-8(7-9)10-5-6-11-16-14(15)17-18(11)12(10)13(19)20/h2-7H,1H3,(H2,15,17)(H,19,20). The lowest BCUT2D eigenvalue weighted by Crippen LogP contribution is -2.09. The number of carbonyl (C=O) groups is 1. The van der Waals surface area contributed by atoms with Crippen LogP contribution in [0.3, 0.4) is 0 Å². The van der Waals surface area contributed by atoms with E-state index < -0.39 is 5.97 Å². The SMILES string of the molecule is COc1cccc(-c2ccc3nc(N)nn3c2C(=O)O)c1. The molecule has 0 aliphatic carbocycles. The second-order valence-electron chi connectivity index (χ2n) is 4.37. The number of methoxy groups -OCH3 is 1. The average molecular weight is 284 g/mol. The molecule has 106 valence electrons. The summed E-state index contributed by atoms with van der Waals surface area (Å²) in [5, 5.41) is 13.4. The number of carboxylic acid groups (broad SMARTS) is 1. The van der Waals surface area contributed by atoms with Gasteiger partial charge in [0.2, 0.25) is 5.95 Å². The number of hydrogen-bond donors (Lipinski definition) is 2. The van der Waals surface area contributed by atoms with Crippen LogP contribution in [0.2, 0.25) is 0 Å². The molecule has 0 aliphatic heterocycles. The second-order valence-corrected chi connectivity index (χ2v) is 4.37. The summed E-state index contributed by atoms with van der Waals surface area (Å²) in [5.41, 5.74) is 7.15. The molecule has 1 aromatic carbocycles. The Morgan fingerprint density at radius 1 is 1.33 bits per heavy atom. The van der Waals surface area contributed by atoms with E-state index >= 15 is 0 Å². The van der Waals surface area contributed by atoms with Gasteiger partial charge >= 0.3 is 5.97 Å². The number of nitrogen functional groups attached to an aromatic ring is 1. The minimum absolute atomic E-state index is 0.00459. The summed E-state index contributed by atoms with van der Waals surface area (Å²) >= 11 is 0. The molecule has 0 unspecified atom stereocenters. The Morgan fingerprint density at radius 3 is 2.86 bits per heavy atom. The molecule has 0 saturated carbocycles. The zero-order valence-corrected chi connectivity index (χ0v) is 11.1. The molecule has 7 heteroatoms. The van der Waals surface area contributed by atoms with E-state index in [9.17, 15) is 9.90 Å². The van der Waals surface area contributed by atoms with E-state index in [0.717, 1.165) is 0 Å². The highest BCUT2D eigenvalue weighted by Crippen LogP contribution is 2.27. The van der Waals surface area contributed by atoms with Gasteiger partial charge in [-0.05, 0) is 29.8 Å². The number of aromatic nitrogens is 3.